The number of hydrogen-bond acceptors (Lipinski definition) is 6. The first-order chi connectivity index (χ1) is 9.84. The number of rotatable bonds is 5. The first-order valence-corrected chi connectivity index (χ1v) is 7.10. The van der Waals surface area contributed by atoms with E-state index in [1.165, 1.54) is 4.68 Å². The summed E-state index contributed by atoms with van der Waals surface area (Å²) in [6.07, 6.45) is 4.23. The summed E-state index contributed by atoms with van der Waals surface area (Å²) in [5.41, 5.74) is 1.05. The minimum Gasteiger partial charge on any atom is -0.461 e. The van der Waals surface area contributed by atoms with Crippen LogP contribution in [0.3, 0.4) is 0 Å². The van der Waals surface area contributed by atoms with Gasteiger partial charge >= 0.3 is 0 Å². The first-order valence-electron chi connectivity index (χ1n) is 6.11. The van der Waals surface area contributed by atoms with Gasteiger partial charge in [-0.15, -0.1) is 10.2 Å². The van der Waals surface area contributed by atoms with Crippen LogP contribution in [0.1, 0.15) is 5.69 Å². The second-order valence-electron chi connectivity index (χ2n) is 4.07. The summed E-state index contributed by atoms with van der Waals surface area (Å²) < 4.78 is 6.71. The average molecular weight is 287 g/mol. The van der Waals surface area contributed by atoms with Crippen LogP contribution in [0.2, 0.25) is 0 Å². The molecule has 2 N–H and O–H groups in total. The highest BCUT2D eigenvalue weighted by molar-refractivity contribution is 7.99. The van der Waals surface area contributed by atoms with E-state index in [-0.39, 0.29) is 0 Å². The van der Waals surface area contributed by atoms with Gasteiger partial charge in [-0.1, -0.05) is 17.8 Å². The van der Waals surface area contributed by atoms with Crippen LogP contribution in [0, 0.1) is 0 Å². The van der Waals surface area contributed by atoms with Gasteiger partial charge < -0.3 is 10.3 Å². The van der Waals surface area contributed by atoms with E-state index in [4.69, 9.17) is 10.3 Å². The Bertz CT molecular complexity index is 665. The Labute approximate surface area is 120 Å². The Morgan fingerprint density at radius 3 is 2.90 bits per heavy atom. The molecule has 0 unspecified atom stereocenters. The fourth-order valence-electron chi connectivity index (χ4n) is 1.74. The van der Waals surface area contributed by atoms with Crippen molar-refractivity contribution in [1.29, 1.82) is 0 Å². The van der Waals surface area contributed by atoms with E-state index in [0.717, 1.165) is 17.9 Å². The van der Waals surface area contributed by atoms with Crippen LogP contribution in [0.5, 0.6) is 0 Å². The molecule has 3 aromatic rings. The van der Waals surface area contributed by atoms with Crippen LogP contribution in [0.15, 0.2) is 52.4 Å². The van der Waals surface area contributed by atoms with Gasteiger partial charge in [0.2, 0.25) is 11.0 Å². The van der Waals surface area contributed by atoms with E-state index in [2.05, 4.69) is 15.2 Å². The molecule has 0 saturated heterocycles. The molecule has 0 atom stereocenters. The highest BCUT2D eigenvalue weighted by Gasteiger charge is 2.13. The minimum absolute atomic E-state index is 0.523. The Balaban J connectivity index is 1.64. The molecule has 0 aliphatic carbocycles. The van der Waals surface area contributed by atoms with E-state index in [9.17, 15) is 0 Å². The van der Waals surface area contributed by atoms with Crippen molar-refractivity contribution >= 4 is 11.8 Å². The molecule has 3 rings (SSSR count). The van der Waals surface area contributed by atoms with E-state index in [1.807, 2.05) is 18.2 Å². The predicted molar refractivity (Wildman–Crippen MR) is 76.5 cm³/mol. The van der Waals surface area contributed by atoms with Crippen molar-refractivity contribution in [2.24, 2.45) is 0 Å². The average Bonchev–Trinajstić information content (AvgIpc) is 3.11. The van der Waals surface area contributed by atoms with Crippen LogP contribution in [0.25, 0.3) is 11.6 Å². The van der Waals surface area contributed by atoms with E-state index >= 15 is 0 Å². The van der Waals surface area contributed by atoms with Crippen LogP contribution in [0.4, 0.5) is 0 Å². The second-order valence-corrected chi connectivity index (χ2v) is 5.14. The quantitative estimate of drug-likeness (QED) is 0.570. The third kappa shape index (κ3) is 2.67. The van der Waals surface area contributed by atoms with Crippen molar-refractivity contribution in [3.8, 4) is 11.6 Å². The normalized spacial score (nSPS) is 10.8. The summed E-state index contributed by atoms with van der Waals surface area (Å²) in [4.78, 5) is 4.28. The summed E-state index contributed by atoms with van der Waals surface area (Å²) in [6.45, 7) is 0. The molecule has 3 heterocycles. The number of aryl methyl sites for hydroxylation is 1. The topological polar surface area (TPSA) is 82.8 Å². The zero-order chi connectivity index (χ0) is 13.8. The molecule has 0 radical (unpaired) electrons. The standard InChI is InChI=1S/C13H13N5OS/c14-18-12(11-5-3-8-19-11)16-17-13(18)20-9-6-10-4-1-2-7-15-10/h1-5,7-8H,6,9,14H2. The summed E-state index contributed by atoms with van der Waals surface area (Å²) in [7, 11) is 0. The summed E-state index contributed by atoms with van der Waals surface area (Å²) >= 11 is 1.54. The number of aromatic nitrogens is 4. The summed E-state index contributed by atoms with van der Waals surface area (Å²) in [5, 5.41) is 8.77. The first kappa shape index (κ1) is 12.7. The number of furan rings is 1. The fraction of sp³-hybridized carbons (Fsp3) is 0.154. The van der Waals surface area contributed by atoms with E-state index in [0.29, 0.717) is 16.7 Å². The molecule has 6 nitrogen and oxygen atoms in total. The van der Waals surface area contributed by atoms with E-state index < -0.39 is 0 Å². The van der Waals surface area contributed by atoms with Gasteiger partial charge in [0.05, 0.1) is 6.26 Å². The van der Waals surface area contributed by atoms with Crippen molar-refractivity contribution < 1.29 is 4.42 Å². The van der Waals surface area contributed by atoms with E-state index in [1.54, 1.807) is 36.4 Å². The Morgan fingerprint density at radius 2 is 2.15 bits per heavy atom. The van der Waals surface area contributed by atoms with Gasteiger partial charge in [-0.25, -0.2) is 4.68 Å². The number of thioether (sulfide) groups is 1. The third-order valence-electron chi connectivity index (χ3n) is 2.72. The zero-order valence-corrected chi connectivity index (χ0v) is 11.5. The molecule has 0 amide bonds. The number of nitrogens with zero attached hydrogens (tertiary/aromatic N) is 4. The highest BCUT2D eigenvalue weighted by atomic mass is 32.2. The molecular formula is C13H13N5OS. The number of nitrogens with two attached hydrogens (primary N) is 1. The molecule has 20 heavy (non-hydrogen) atoms. The molecule has 7 heteroatoms. The fourth-order valence-corrected chi connectivity index (χ4v) is 2.56. The van der Waals surface area contributed by atoms with Crippen LogP contribution < -0.4 is 5.84 Å². The lowest BCUT2D eigenvalue weighted by molar-refractivity contribution is 0.574. The van der Waals surface area contributed by atoms with Gasteiger partial charge in [0.1, 0.15) is 0 Å². The SMILES string of the molecule is Nn1c(SCCc2ccccn2)nnc1-c1ccco1. The zero-order valence-electron chi connectivity index (χ0n) is 10.6. The maximum Gasteiger partial charge on any atom is 0.218 e. The predicted octanol–water partition coefficient (Wildman–Crippen LogP) is 1.98. The molecular weight excluding hydrogens is 274 g/mol. The molecule has 0 aromatic carbocycles. The molecule has 0 aliphatic heterocycles. The number of hydrogen-bond donors (Lipinski definition) is 1. The monoisotopic (exact) mass is 287 g/mol. The Kier molecular flexibility index (Phi) is 3.69. The molecule has 0 aliphatic rings. The number of nitrogen functional groups attached to an aromatic ring is 1. The highest BCUT2D eigenvalue weighted by Crippen LogP contribution is 2.22. The lowest BCUT2D eigenvalue weighted by Gasteiger charge is -2.02. The lowest BCUT2D eigenvalue weighted by atomic mass is 10.3. The van der Waals surface area contributed by atoms with Gasteiger partial charge in [0, 0.05) is 17.6 Å². The summed E-state index contributed by atoms with van der Waals surface area (Å²) in [5.74, 6) is 7.94. The number of pyridine rings is 1. The van der Waals surface area contributed by atoms with Crippen molar-refractivity contribution in [2.75, 3.05) is 11.6 Å². The Morgan fingerprint density at radius 1 is 1.20 bits per heavy atom. The second kappa shape index (κ2) is 5.79. The van der Waals surface area contributed by atoms with Crippen LogP contribution in [-0.2, 0) is 6.42 Å². The largest absolute Gasteiger partial charge is 0.461 e. The van der Waals surface area contributed by atoms with Gasteiger partial charge in [-0.2, -0.15) is 0 Å². The van der Waals surface area contributed by atoms with Crippen molar-refractivity contribution in [3.63, 3.8) is 0 Å². The summed E-state index contributed by atoms with van der Waals surface area (Å²) in [6, 6.07) is 9.48. The lowest BCUT2D eigenvalue weighted by Crippen LogP contribution is -2.11. The van der Waals surface area contributed by atoms with Crippen molar-refractivity contribution in [1.82, 2.24) is 19.9 Å². The molecule has 0 fully saturated rings. The Hall–Kier alpha value is -2.28. The van der Waals surface area contributed by atoms with Gasteiger partial charge in [-0.3, -0.25) is 4.98 Å². The molecule has 0 saturated carbocycles. The molecule has 0 bridgehead atoms. The smallest absolute Gasteiger partial charge is 0.218 e. The maximum atomic E-state index is 5.97. The van der Waals surface area contributed by atoms with Crippen LogP contribution in [-0.4, -0.2) is 25.6 Å². The van der Waals surface area contributed by atoms with Crippen LogP contribution >= 0.6 is 11.8 Å². The molecule has 3 aromatic heterocycles. The van der Waals surface area contributed by atoms with Gasteiger partial charge in [0.15, 0.2) is 5.76 Å². The van der Waals surface area contributed by atoms with Crippen molar-refractivity contribution in [3.05, 3.63) is 48.5 Å². The molecule has 102 valence electrons. The van der Waals surface area contributed by atoms with Crippen molar-refractivity contribution in [2.45, 2.75) is 11.6 Å². The van der Waals surface area contributed by atoms with Gasteiger partial charge in [-0.05, 0) is 30.7 Å². The minimum atomic E-state index is 0.523. The third-order valence-corrected chi connectivity index (χ3v) is 3.67. The maximum absolute atomic E-state index is 5.97. The molecule has 0 spiro atoms. The van der Waals surface area contributed by atoms with Gasteiger partial charge in [0.25, 0.3) is 0 Å².